The van der Waals surface area contributed by atoms with Crippen LogP contribution in [0.25, 0.3) is 16.5 Å². The van der Waals surface area contributed by atoms with E-state index in [0.29, 0.717) is 27.9 Å². The first-order chi connectivity index (χ1) is 20.6. The first kappa shape index (κ1) is 29.4. The van der Waals surface area contributed by atoms with Gasteiger partial charge in [0, 0.05) is 42.0 Å². The third kappa shape index (κ3) is 5.94. The van der Waals surface area contributed by atoms with Crippen LogP contribution in [-0.4, -0.2) is 70.8 Å². The fraction of sp³-hybridized carbons (Fsp3) is 0.290. The van der Waals surface area contributed by atoms with E-state index >= 15 is 0 Å². The van der Waals surface area contributed by atoms with Crippen LogP contribution in [0.5, 0.6) is 5.75 Å². The van der Waals surface area contributed by atoms with Crippen LogP contribution < -0.4 is 15.4 Å². The van der Waals surface area contributed by atoms with Gasteiger partial charge in [-0.3, -0.25) is 19.2 Å². The lowest BCUT2D eigenvalue weighted by molar-refractivity contribution is -0.137. The number of carbonyl (C=O) groups is 4. The molecule has 5 rings (SSSR count). The van der Waals surface area contributed by atoms with Gasteiger partial charge in [-0.2, -0.15) is 10.2 Å². The minimum absolute atomic E-state index is 0.169. The van der Waals surface area contributed by atoms with E-state index in [0.717, 1.165) is 11.1 Å². The van der Waals surface area contributed by atoms with Crippen LogP contribution in [-0.2, 0) is 20.9 Å². The monoisotopic (exact) mass is 586 g/mol. The number of benzene rings is 2. The SMILES string of the molecule is C=NN=CC=C(C)c1ccc2c(c1)c(C(C)=O)cn2CC(=O)N1CC(F)CC1C(=O)Nc1cccc2c1NC(=O)C(C)O2. The third-order valence-electron chi connectivity index (χ3n) is 7.57. The largest absolute Gasteiger partial charge is 0.479 e. The summed E-state index contributed by atoms with van der Waals surface area (Å²) >= 11 is 0. The van der Waals surface area contributed by atoms with Crippen LogP contribution in [0.15, 0.2) is 58.9 Å². The molecule has 3 heterocycles. The van der Waals surface area contributed by atoms with Crippen molar-refractivity contribution in [2.45, 2.75) is 52.1 Å². The first-order valence-electron chi connectivity index (χ1n) is 13.7. The number of nitrogens with zero attached hydrogens (tertiary/aromatic N) is 4. The van der Waals surface area contributed by atoms with Crippen LogP contribution in [0.2, 0.25) is 0 Å². The van der Waals surface area contributed by atoms with Crippen molar-refractivity contribution < 1.29 is 28.3 Å². The normalized spacial score (nSPS) is 20.1. The summed E-state index contributed by atoms with van der Waals surface area (Å²) in [7, 11) is 0. The summed E-state index contributed by atoms with van der Waals surface area (Å²) in [5.41, 5.74) is 3.40. The molecule has 2 N–H and O–H groups in total. The average molecular weight is 587 g/mol. The molecule has 11 nitrogen and oxygen atoms in total. The van der Waals surface area contributed by atoms with Crippen LogP contribution in [0.3, 0.4) is 0 Å². The molecule has 2 aliphatic heterocycles. The quantitative estimate of drug-likeness (QED) is 0.231. The number of Topliss-reactive ketones (excluding diaryl/α,β-unsaturated/α-hetero) is 1. The molecule has 43 heavy (non-hydrogen) atoms. The number of hydrogen-bond acceptors (Lipinski definition) is 7. The second-order valence-corrected chi connectivity index (χ2v) is 10.5. The number of ether oxygens (including phenoxy) is 1. The lowest BCUT2D eigenvalue weighted by atomic mass is 10.0. The van der Waals surface area contributed by atoms with Gasteiger partial charge in [-0.1, -0.05) is 12.1 Å². The summed E-state index contributed by atoms with van der Waals surface area (Å²) in [4.78, 5) is 52.8. The molecular formula is C31H31FN6O5. The number of anilines is 2. The third-order valence-corrected chi connectivity index (χ3v) is 7.57. The molecule has 2 aliphatic rings. The standard InChI is InChI=1S/C31H31FN6O5/c1-17(10-11-34-33-4)20-8-9-25-22(12-20)23(18(2)39)15-37(25)16-28(40)38-14-21(32)13-26(38)31(42)35-24-6-5-7-27-29(24)36-30(41)19(3)43-27/h5-12,15,19,21,26H,4,13-14,16H2,1-3H3,(H,35,42)(H,36,41). The number of fused-ring (bicyclic) bond motifs is 2. The highest BCUT2D eigenvalue weighted by Gasteiger charge is 2.40. The van der Waals surface area contributed by atoms with Crippen molar-refractivity contribution in [2.75, 3.05) is 17.2 Å². The Morgan fingerprint density at radius 2 is 2.02 bits per heavy atom. The van der Waals surface area contributed by atoms with Gasteiger partial charge in [0.25, 0.3) is 5.91 Å². The molecule has 3 unspecified atom stereocenters. The molecule has 3 aromatic rings. The van der Waals surface area contributed by atoms with Crippen molar-refractivity contribution in [3.8, 4) is 5.75 Å². The zero-order chi connectivity index (χ0) is 30.8. The van der Waals surface area contributed by atoms with E-state index in [1.54, 1.807) is 42.0 Å². The van der Waals surface area contributed by atoms with Gasteiger partial charge >= 0.3 is 0 Å². The number of likely N-dealkylation sites (tertiary alicyclic amines) is 1. The number of nitrogens with one attached hydrogen (secondary N) is 2. The van der Waals surface area contributed by atoms with Gasteiger partial charge in [0.1, 0.15) is 30.2 Å². The van der Waals surface area contributed by atoms with E-state index < -0.39 is 30.1 Å². The van der Waals surface area contributed by atoms with Crippen LogP contribution >= 0.6 is 0 Å². The molecule has 0 bridgehead atoms. The zero-order valence-electron chi connectivity index (χ0n) is 24.0. The highest BCUT2D eigenvalue weighted by Crippen LogP contribution is 2.37. The highest BCUT2D eigenvalue weighted by molar-refractivity contribution is 6.08. The number of aromatic nitrogens is 1. The number of amides is 3. The maximum Gasteiger partial charge on any atom is 0.265 e. The molecule has 12 heteroatoms. The summed E-state index contributed by atoms with van der Waals surface area (Å²) < 4.78 is 21.9. The van der Waals surface area contributed by atoms with Crippen LogP contribution in [0.1, 0.15) is 43.1 Å². The number of ketones is 1. The molecule has 0 aliphatic carbocycles. The molecule has 1 fully saturated rings. The number of carbonyl (C=O) groups excluding carboxylic acids is 4. The number of alkyl halides is 1. The van der Waals surface area contributed by atoms with Crippen molar-refractivity contribution in [1.82, 2.24) is 9.47 Å². The van der Waals surface area contributed by atoms with Crippen molar-refractivity contribution in [3.05, 3.63) is 59.8 Å². The van der Waals surface area contributed by atoms with Gasteiger partial charge < -0.3 is 24.8 Å². The zero-order valence-corrected chi connectivity index (χ0v) is 24.0. The van der Waals surface area contributed by atoms with Crippen molar-refractivity contribution in [3.63, 3.8) is 0 Å². The predicted molar refractivity (Wildman–Crippen MR) is 162 cm³/mol. The van der Waals surface area contributed by atoms with Crippen molar-refractivity contribution in [2.24, 2.45) is 10.2 Å². The van der Waals surface area contributed by atoms with Crippen molar-refractivity contribution in [1.29, 1.82) is 0 Å². The Morgan fingerprint density at radius 1 is 1.23 bits per heavy atom. The summed E-state index contributed by atoms with van der Waals surface area (Å²) in [6, 6.07) is 9.38. The fourth-order valence-corrected chi connectivity index (χ4v) is 5.34. The minimum atomic E-state index is -1.39. The molecule has 3 amide bonds. The van der Waals surface area contributed by atoms with Crippen LogP contribution in [0.4, 0.5) is 15.8 Å². The molecule has 1 saturated heterocycles. The van der Waals surface area contributed by atoms with Gasteiger partial charge in [-0.05, 0) is 62.2 Å². The molecule has 0 radical (unpaired) electrons. The maximum atomic E-state index is 14.7. The molecule has 1 aromatic heterocycles. The lowest BCUT2D eigenvalue weighted by Gasteiger charge is -2.27. The number of rotatable bonds is 8. The van der Waals surface area contributed by atoms with Gasteiger partial charge in [0.2, 0.25) is 11.8 Å². The van der Waals surface area contributed by atoms with Gasteiger partial charge in [-0.25, -0.2) is 4.39 Å². The lowest BCUT2D eigenvalue weighted by Crippen LogP contribution is -2.44. The molecule has 3 atom stereocenters. The number of allylic oxidation sites excluding steroid dienone is 2. The van der Waals surface area contributed by atoms with E-state index in [1.165, 1.54) is 18.0 Å². The molecule has 0 spiro atoms. The first-order valence-corrected chi connectivity index (χ1v) is 13.7. The summed E-state index contributed by atoms with van der Waals surface area (Å²) in [6.45, 7) is 7.81. The van der Waals surface area contributed by atoms with E-state index in [9.17, 15) is 23.6 Å². The van der Waals surface area contributed by atoms with E-state index in [-0.39, 0.29) is 36.9 Å². The Balaban J connectivity index is 1.38. The molecule has 0 saturated carbocycles. The molecule has 2 aromatic carbocycles. The summed E-state index contributed by atoms with van der Waals surface area (Å²) in [6.07, 6.45) is 2.64. The Labute approximate surface area is 247 Å². The van der Waals surface area contributed by atoms with Crippen molar-refractivity contribution >= 4 is 64.3 Å². The maximum absolute atomic E-state index is 14.7. The minimum Gasteiger partial charge on any atom is -0.479 e. The average Bonchev–Trinajstić information content (AvgIpc) is 3.54. The van der Waals surface area contributed by atoms with Gasteiger partial charge in [-0.15, -0.1) is 0 Å². The van der Waals surface area contributed by atoms with E-state index in [4.69, 9.17) is 4.74 Å². The van der Waals surface area contributed by atoms with E-state index in [1.807, 2.05) is 25.1 Å². The second kappa shape index (κ2) is 12.0. The van der Waals surface area contributed by atoms with E-state index in [2.05, 4.69) is 27.6 Å². The molecule has 222 valence electrons. The summed E-state index contributed by atoms with van der Waals surface area (Å²) in [5, 5.41) is 13.3. The molecular weight excluding hydrogens is 555 g/mol. The highest BCUT2D eigenvalue weighted by atomic mass is 19.1. The Kier molecular flexibility index (Phi) is 8.20. The Morgan fingerprint density at radius 3 is 2.77 bits per heavy atom. The Hall–Kier alpha value is -5.13. The van der Waals surface area contributed by atoms with Gasteiger partial charge in [0.15, 0.2) is 11.9 Å². The summed E-state index contributed by atoms with van der Waals surface area (Å²) in [5.74, 6) is -1.20. The van der Waals surface area contributed by atoms with Gasteiger partial charge in [0.05, 0.1) is 12.2 Å². The number of hydrogen-bond donors (Lipinski definition) is 2. The fourth-order valence-electron chi connectivity index (χ4n) is 5.34. The second-order valence-electron chi connectivity index (χ2n) is 10.5. The Bertz CT molecular complexity index is 1710. The number of para-hydroxylation sites is 1. The van der Waals surface area contributed by atoms with Crippen LogP contribution in [0, 0.1) is 0 Å². The predicted octanol–water partition coefficient (Wildman–Crippen LogP) is 4.23. The topological polar surface area (TPSA) is 134 Å². The number of halogens is 1. The smallest absolute Gasteiger partial charge is 0.265 e.